The van der Waals surface area contributed by atoms with Gasteiger partial charge in [-0.3, -0.25) is 14.3 Å². The summed E-state index contributed by atoms with van der Waals surface area (Å²) in [5, 5.41) is 2.92. The van der Waals surface area contributed by atoms with Crippen molar-refractivity contribution in [3.05, 3.63) is 54.1 Å². The summed E-state index contributed by atoms with van der Waals surface area (Å²) in [7, 11) is -0.759. The third kappa shape index (κ3) is 6.71. The monoisotopic (exact) mass is 489 g/mol. The minimum Gasteiger partial charge on any atom is -0.497 e. The number of nitrogens with one attached hydrogen (secondary N) is 2. The topological polar surface area (TPSA) is 114 Å². The molecule has 184 valence electrons. The van der Waals surface area contributed by atoms with Gasteiger partial charge < -0.3 is 19.7 Å². The molecule has 9 nitrogen and oxygen atoms in total. The highest BCUT2D eigenvalue weighted by Crippen LogP contribution is 2.23. The summed E-state index contributed by atoms with van der Waals surface area (Å²) in [5.41, 5.74) is 0.673. The van der Waals surface area contributed by atoms with Crippen LogP contribution < -0.4 is 14.8 Å². The standard InChI is InChI=1S/C24H31N3O6S/c1-32-15-5-12-25-23(28)18-10-13-27(14-11-18)24(29)19-6-3-7-20(16-19)26-34(30,31)22-9-4-8-21(17-22)33-2/h3-4,6-9,16-18,26H,5,10-15H2,1-2H3,(H,25,28). The second-order valence-corrected chi connectivity index (χ2v) is 9.75. The summed E-state index contributed by atoms with van der Waals surface area (Å²) in [4.78, 5) is 27.1. The molecule has 2 aromatic carbocycles. The molecule has 2 amide bonds. The maximum absolute atomic E-state index is 13.0. The van der Waals surface area contributed by atoms with Crippen LogP contribution in [0.25, 0.3) is 0 Å². The lowest BCUT2D eigenvalue weighted by atomic mass is 9.95. The lowest BCUT2D eigenvalue weighted by molar-refractivity contribution is -0.126. The molecule has 1 saturated heterocycles. The zero-order chi connectivity index (χ0) is 24.6. The molecule has 0 unspecified atom stereocenters. The molecule has 0 atom stereocenters. The Bertz CT molecular complexity index is 1100. The van der Waals surface area contributed by atoms with Crippen LogP contribution >= 0.6 is 0 Å². The van der Waals surface area contributed by atoms with E-state index in [2.05, 4.69) is 10.0 Å². The van der Waals surface area contributed by atoms with E-state index in [1.165, 1.54) is 25.3 Å². The molecule has 1 aliphatic rings. The van der Waals surface area contributed by atoms with Gasteiger partial charge in [-0.1, -0.05) is 12.1 Å². The van der Waals surface area contributed by atoms with Crippen molar-refractivity contribution < 1.29 is 27.5 Å². The summed E-state index contributed by atoms with van der Waals surface area (Å²) in [6.07, 6.45) is 1.94. The molecule has 2 aromatic rings. The summed E-state index contributed by atoms with van der Waals surface area (Å²) < 4.78 is 38.1. The van der Waals surface area contributed by atoms with Gasteiger partial charge in [-0.2, -0.15) is 0 Å². The Morgan fingerprint density at radius 3 is 2.50 bits per heavy atom. The molecule has 2 N–H and O–H groups in total. The molecule has 0 saturated carbocycles. The number of nitrogens with zero attached hydrogens (tertiary/aromatic N) is 1. The highest BCUT2D eigenvalue weighted by atomic mass is 32.2. The van der Waals surface area contributed by atoms with Crippen molar-refractivity contribution in [2.75, 3.05) is 45.2 Å². The predicted octanol–water partition coefficient (Wildman–Crippen LogP) is 2.50. The van der Waals surface area contributed by atoms with Gasteiger partial charge in [0, 0.05) is 56.6 Å². The van der Waals surface area contributed by atoms with Gasteiger partial charge in [0.25, 0.3) is 15.9 Å². The molecule has 0 radical (unpaired) electrons. The minimum absolute atomic E-state index is 0.0112. The number of ether oxygens (including phenoxy) is 2. The number of rotatable bonds is 10. The molecular formula is C24H31N3O6S. The van der Waals surface area contributed by atoms with Crippen LogP contribution in [-0.4, -0.2) is 65.6 Å². The number of methoxy groups -OCH3 is 2. The van der Waals surface area contributed by atoms with Gasteiger partial charge in [-0.15, -0.1) is 0 Å². The smallest absolute Gasteiger partial charge is 0.262 e. The molecule has 1 heterocycles. The molecule has 3 rings (SSSR count). The molecule has 34 heavy (non-hydrogen) atoms. The minimum atomic E-state index is -3.85. The van der Waals surface area contributed by atoms with Crippen LogP contribution in [0.4, 0.5) is 5.69 Å². The number of hydrogen-bond donors (Lipinski definition) is 2. The van der Waals surface area contributed by atoms with Crippen molar-refractivity contribution in [1.82, 2.24) is 10.2 Å². The summed E-state index contributed by atoms with van der Waals surface area (Å²) in [5.74, 6) is 0.130. The first-order valence-corrected chi connectivity index (χ1v) is 12.6. The Labute approximate surface area is 200 Å². The first-order valence-electron chi connectivity index (χ1n) is 11.2. The van der Waals surface area contributed by atoms with E-state index in [0.29, 0.717) is 56.1 Å². The van der Waals surface area contributed by atoms with Crippen LogP contribution in [0, 0.1) is 5.92 Å². The maximum Gasteiger partial charge on any atom is 0.262 e. The summed E-state index contributed by atoms with van der Waals surface area (Å²) in [6.45, 7) is 2.11. The van der Waals surface area contributed by atoms with Gasteiger partial charge in [0.2, 0.25) is 5.91 Å². The van der Waals surface area contributed by atoms with Crippen molar-refractivity contribution in [3.63, 3.8) is 0 Å². The Morgan fingerprint density at radius 2 is 1.79 bits per heavy atom. The van der Waals surface area contributed by atoms with Gasteiger partial charge in [0.1, 0.15) is 5.75 Å². The third-order valence-corrected chi connectivity index (χ3v) is 7.07. The van der Waals surface area contributed by atoms with E-state index < -0.39 is 10.0 Å². The fraction of sp³-hybridized carbons (Fsp3) is 0.417. The highest BCUT2D eigenvalue weighted by molar-refractivity contribution is 7.92. The van der Waals surface area contributed by atoms with Gasteiger partial charge in [-0.25, -0.2) is 8.42 Å². The normalized spacial score (nSPS) is 14.5. The van der Waals surface area contributed by atoms with Crippen LogP contribution in [0.1, 0.15) is 29.6 Å². The average molecular weight is 490 g/mol. The van der Waals surface area contributed by atoms with Crippen molar-refractivity contribution in [2.45, 2.75) is 24.2 Å². The van der Waals surface area contributed by atoms with E-state index in [-0.39, 0.29) is 22.6 Å². The number of piperidine rings is 1. The molecule has 10 heteroatoms. The van der Waals surface area contributed by atoms with E-state index in [1.54, 1.807) is 42.3 Å². The van der Waals surface area contributed by atoms with Crippen LogP contribution in [0.5, 0.6) is 5.75 Å². The first kappa shape index (κ1) is 25.5. The second-order valence-electron chi connectivity index (χ2n) is 8.07. The number of carbonyl (C=O) groups is 2. The fourth-order valence-electron chi connectivity index (χ4n) is 3.80. The van der Waals surface area contributed by atoms with Crippen LogP contribution in [0.3, 0.4) is 0 Å². The Morgan fingerprint density at radius 1 is 1.06 bits per heavy atom. The number of benzene rings is 2. The van der Waals surface area contributed by atoms with Crippen molar-refractivity contribution in [2.24, 2.45) is 5.92 Å². The van der Waals surface area contributed by atoms with Crippen molar-refractivity contribution >= 4 is 27.5 Å². The number of hydrogen-bond acceptors (Lipinski definition) is 6. The van der Waals surface area contributed by atoms with Gasteiger partial charge in [0.05, 0.1) is 12.0 Å². The number of likely N-dealkylation sites (tertiary alicyclic amines) is 1. The predicted molar refractivity (Wildman–Crippen MR) is 128 cm³/mol. The van der Waals surface area contributed by atoms with Crippen LogP contribution in [0.2, 0.25) is 0 Å². The zero-order valence-electron chi connectivity index (χ0n) is 19.5. The zero-order valence-corrected chi connectivity index (χ0v) is 20.3. The van der Waals surface area contributed by atoms with E-state index in [9.17, 15) is 18.0 Å². The number of sulfonamides is 1. The van der Waals surface area contributed by atoms with E-state index in [1.807, 2.05) is 0 Å². The van der Waals surface area contributed by atoms with E-state index in [0.717, 1.165) is 6.42 Å². The van der Waals surface area contributed by atoms with Gasteiger partial charge in [-0.05, 0) is 49.6 Å². The number of amides is 2. The SMILES string of the molecule is COCCCNC(=O)C1CCN(C(=O)c2cccc(NS(=O)(=O)c3cccc(OC)c3)c2)CC1. The molecule has 0 aromatic heterocycles. The Hall–Kier alpha value is -3.11. The summed E-state index contributed by atoms with van der Waals surface area (Å²) >= 11 is 0. The molecule has 1 aliphatic heterocycles. The Kier molecular flexibility index (Phi) is 8.89. The molecule has 1 fully saturated rings. The lowest BCUT2D eigenvalue weighted by Gasteiger charge is -2.31. The number of anilines is 1. The fourth-order valence-corrected chi connectivity index (χ4v) is 4.88. The largest absolute Gasteiger partial charge is 0.497 e. The van der Waals surface area contributed by atoms with Crippen LogP contribution in [0.15, 0.2) is 53.4 Å². The molecular weight excluding hydrogens is 458 g/mol. The first-order chi connectivity index (χ1) is 16.3. The third-order valence-electron chi connectivity index (χ3n) is 5.69. The molecule has 0 aliphatic carbocycles. The number of carbonyl (C=O) groups excluding carboxylic acids is 2. The van der Waals surface area contributed by atoms with Crippen LogP contribution in [-0.2, 0) is 19.6 Å². The molecule has 0 bridgehead atoms. The quantitative estimate of drug-likeness (QED) is 0.496. The summed E-state index contributed by atoms with van der Waals surface area (Å²) in [6, 6.07) is 12.6. The lowest BCUT2D eigenvalue weighted by Crippen LogP contribution is -2.43. The maximum atomic E-state index is 13.0. The Balaban J connectivity index is 1.59. The van der Waals surface area contributed by atoms with Crippen molar-refractivity contribution in [1.29, 1.82) is 0 Å². The average Bonchev–Trinajstić information content (AvgIpc) is 2.86. The van der Waals surface area contributed by atoms with Gasteiger partial charge in [0.15, 0.2) is 0 Å². The van der Waals surface area contributed by atoms with Gasteiger partial charge >= 0.3 is 0 Å². The van der Waals surface area contributed by atoms with E-state index >= 15 is 0 Å². The second kappa shape index (κ2) is 11.8. The molecule has 0 spiro atoms. The van der Waals surface area contributed by atoms with E-state index in [4.69, 9.17) is 9.47 Å². The van der Waals surface area contributed by atoms with Crippen molar-refractivity contribution in [3.8, 4) is 5.75 Å². The highest BCUT2D eigenvalue weighted by Gasteiger charge is 2.28.